The summed E-state index contributed by atoms with van der Waals surface area (Å²) in [5.41, 5.74) is 6.38. The van der Waals surface area contributed by atoms with Crippen LogP contribution in [0.2, 0.25) is 15.1 Å². The number of nitrogens with one attached hydrogen (secondary N) is 2. The van der Waals surface area contributed by atoms with Gasteiger partial charge in [-0.1, -0.05) is 41.4 Å². The highest BCUT2D eigenvalue weighted by atomic mass is 35.5. The fourth-order valence-electron chi connectivity index (χ4n) is 1.64. The summed E-state index contributed by atoms with van der Waals surface area (Å²) >= 11 is 17.9. The van der Waals surface area contributed by atoms with E-state index in [-0.39, 0.29) is 15.8 Å². The number of hydrogen-bond donors (Lipinski definition) is 3. The number of amides is 1. The first-order valence-electron chi connectivity index (χ1n) is 6.08. The van der Waals surface area contributed by atoms with Crippen LogP contribution in [0.3, 0.4) is 0 Å². The third kappa shape index (κ3) is 3.65. The van der Waals surface area contributed by atoms with E-state index < -0.39 is 5.91 Å². The molecule has 4 nitrogen and oxygen atoms in total. The first kappa shape index (κ1) is 16.5. The number of aromatic hydroxyl groups is 1. The van der Waals surface area contributed by atoms with E-state index >= 15 is 0 Å². The van der Waals surface area contributed by atoms with E-state index in [2.05, 4.69) is 17.4 Å². The molecule has 0 aliphatic rings. The average Bonchev–Trinajstić information content (AvgIpc) is 2.51. The van der Waals surface area contributed by atoms with Crippen molar-refractivity contribution in [3.05, 3.63) is 69.2 Å². The van der Waals surface area contributed by atoms with E-state index in [1.807, 2.05) is 0 Å². The summed E-state index contributed by atoms with van der Waals surface area (Å²) in [7, 11) is 0. The number of hydrazine groups is 1. The molecule has 0 fully saturated rings. The normalized spacial score (nSPS) is 10.1. The van der Waals surface area contributed by atoms with Gasteiger partial charge in [0, 0.05) is 11.1 Å². The van der Waals surface area contributed by atoms with Crippen LogP contribution in [0.25, 0.3) is 5.70 Å². The van der Waals surface area contributed by atoms with Gasteiger partial charge in [0.2, 0.25) is 0 Å². The molecular weight excluding hydrogens is 347 g/mol. The Morgan fingerprint density at radius 1 is 0.955 bits per heavy atom. The second-order valence-corrected chi connectivity index (χ2v) is 5.49. The number of hydrogen-bond acceptors (Lipinski definition) is 3. The maximum atomic E-state index is 11.9. The molecule has 0 spiro atoms. The summed E-state index contributed by atoms with van der Waals surface area (Å²) in [6, 6.07) is 9.03. The number of phenols is 1. The van der Waals surface area contributed by atoms with Crippen LogP contribution in [-0.2, 0) is 0 Å². The van der Waals surface area contributed by atoms with Crippen molar-refractivity contribution in [2.24, 2.45) is 0 Å². The van der Waals surface area contributed by atoms with E-state index in [1.165, 1.54) is 24.3 Å². The van der Waals surface area contributed by atoms with Gasteiger partial charge in [-0.2, -0.15) is 0 Å². The van der Waals surface area contributed by atoms with Gasteiger partial charge < -0.3 is 5.11 Å². The lowest BCUT2D eigenvalue weighted by Crippen LogP contribution is -2.35. The molecule has 0 atom stereocenters. The van der Waals surface area contributed by atoms with Gasteiger partial charge in [0.25, 0.3) is 5.91 Å². The summed E-state index contributed by atoms with van der Waals surface area (Å²) in [6.07, 6.45) is 0. The second-order valence-electron chi connectivity index (χ2n) is 4.33. The number of carbonyl (C=O) groups is 1. The summed E-state index contributed by atoms with van der Waals surface area (Å²) in [6.45, 7) is 3.78. The Bertz CT molecular complexity index is 730. The maximum absolute atomic E-state index is 11.9. The van der Waals surface area contributed by atoms with Crippen LogP contribution in [0.4, 0.5) is 0 Å². The van der Waals surface area contributed by atoms with Crippen LogP contribution in [0.15, 0.2) is 43.0 Å². The van der Waals surface area contributed by atoms with E-state index in [1.54, 1.807) is 12.1 Å². The Kier molecular flexibility index (Phi) is 5.19. The van der Waals surface area contributed by atoms with Crippen molar-refractivity contribution in [3.8, 4) is 5.75 Å². The summed E-state index contributed by atoms with van der Waals surface area (Å²) in [5.74, 6) is -0.311. The molecule has 0 radical (unpaired) electrons. The molecule has 0 heterocycles. The van der Waals surface area contributed by atoms with Gasteiger partial charge in [-0.3, -0.25) is 15.6 Å². The van der Waals surface area contributed by atoms with Crippen molar-refractivity contribution in [3.63, 3.8) is 0 Å². The van der Waals surface area contributed by atoms with Gasteiger partial charge >= 0.3 is 0 Å². The van der Waals surface area contributed by atoms with Crippen molar-refractivity contribution < 1.29 is 9.90 Å². The Balaban J connectivity index is 2.05. The predicted octanol–water partition coefficient (Wildman–Crippen LogP) is 4.26. The van der Waals surface area contributed by atoms with Crippen molar-refractivity contribution >= 4 is 46.4 Å². The molecule has 0 aliphatic heterocycles. The smallest absolute Gasteiger partial charge is 0.269 e. The monoisotopic (exact) mass is 356 g/mol. The van der Waals surface area contributed by atoms with Gasteiger partial charge in [0.15, 0.2) is 0 Å². The fraction of sp³-hybridized carbons (Fsp3) is 0. The number of phenolic OH excluding ortho intramolecular Hbond substituents is 1. The summed E-state index contributed by atoms with van der Waals surface area (Å²) < 4.78 is 0. The van der Waals surface area contributed by atoms with Gasteiger partial charge in [0.1, 0.15) is 5.75 Å². The predicted molar refractivity (Wildman–Crippen MR) is 89.2 cm³/mol. The Labute approximate surface area is 142 Å². The Morgan fingerprint density at radius 2 is 1.59 bits per heavy atom. The minimum absolute atomic E-state index is 0.0801. The molecule has 0 aromatic heterocycles. The lowest BCUT2D eigenvalue weighted by Gasteiger charge is -2.13. The average molecular weight is 358 g/mol. The topological polar surface area (TPSA) is 61.4 Å². The lowest BCUT2D eigenvalue weighted by molar-refractivity contribution is 0.0942. The SMILES string of the molecule is C=C(NNC(=O)c1ccc(O)cc1)c1ccc(Cl)c(Cl)c1Cl. The molecule has 1 amide bonds. The zero-order valence-electron chi connectivity index (χ0n) is 11.2. The summed E-state index contributed by atoms with van der Waals surface area (Å²) in [5, 5.41) is 9.97. The standard InChI is InChI=1S/C15H11Cl3N2O2/c1-8(11-6-7-12(16)14(18)13(11)17)19-20-15(22)9-2-4-10(21)5-3-9/h2-7,19,21H,1H2,(H,20,22). The highest BCUT2D eigenvalue weighted by Crippen LogP contribution is 2.34. The van der Waals surface area contributed by atoms with E-state index in [0.29, 0.717) is 21.8 Å². The van der Waals surface area contributed by atoms with Gasteiger partial charge in [-0.25, -0.2) is 0 Å². The van der Waals surface area contributed by atoms with Crippen LogP contribution < -0.4 is 10.9 Å². The van der Waals surface area contributed by atoms with E-state index in [4.69, 9.17) is 34.8 Å². The van der Waals surface area contributed by atoms with Crippen LogP contribution in [-0.4, -0.2) is 11.0 Å². The zero-order valence-corrected chi connectivity index (χ0v) is 13.4. The largest absolute Gasteiger partial charge is 0.508 e. The number of rotatable bonds is 4. The van der Waals surface area contributed by atoms with E-state index in [0.717, 1.165) is 0 Å². The molecule has 0 bridgehead atoms. The van der Waals surface area contributed by atoms with Crippen molar-refractivity contribution in [1.29, 1.82) is 0 Å². The maximum Gasteiger partial charge on any atom is 0.269 e. The van der Waals surface area contributed by atoms with Gasteiger partial charge in [0.05, 0.1) is 20.8 Å². The van der Waals surface area contributed by atoms with Crippen molar-refractivity contribution in [2.45, 2.75) is 0 Å². The van der Waals surface area contributed by atoms with Crippen LogP contribution in [0, 0.1) is 0 Å². The highest BCUT2D eigenvalue weighted by molar-refractivity contribution is 6.48. The lowest BCUT2D eigenvalue weighted by atomic mass is 10.2. The fourth-order valence-corrected chi connectivity index (χ4v) is 2.29. The number of benzene rings is 2. The molecule has 0 aliphatic carbocycles. The molecule has 0 unspecified atom stereocenters. The Morgan fingerprint density at radius 3 is 2.23 bits per heavy atom. The summed E-state index contributed by atoms with van der Waals surface area (Å²) in [4.78, 5) is 11.9. The van der Waals surface area contributed by atoms with Crippen molar-refractivity contribution in [2.75, 3.05) is 0 Å². The third-order valence-corrected chi connectivity index (χ3v) is 4.11. The molecule has 7 heteroatoms. The van der Waals surface area contributed by atoms with E-state index in [9.17, 15) is 9.90 Å². The van der Waals surface area contributed by atoms with Crippen molar-refractivity contribution in [1.82, 2.24) is 10.9 Å². The van der Waals surface area contributed by atoms with Crippen LogP contribution in [0.5, 0.6) is 5.75 Å². The minimum atomic E-state index is -0.391. The first-order chi connectivity index (χ1) is 10.4. The number of carbonyl (C=O) groups excluding carboxylic acids is 1. The molecular formula is C15H11Cl3N2O2. The molecule has 114 valence electrons. The highest BCUT2D eigenvalue weighted by Gasteiger charge is 2.12. The van der Waals surface area contributed by atoms with Crippen LogP contribution in [0.1, 0.15) is 15.9 Å². The molecule has 0 saturated carbocycles. The molecule has 3 N–H and O–H groups in total. The molecule has 2 rings (SSSR count). The molecule has 2 aromatic rings. The Hall–Kier alpha value is -1.88. The molecule has 2 aromatic carbocycles. The first-order valence-corrected chi connectivity index (χ1v) is 7.21. The molecule has 0 saturated heterocycles. The number of halogens is 3. The zero-order chi connectivity index (χ0) is 16.3. The van der Waals surface area contributed by atoms with Crippen LogP contribution >= 0.6 is 34.8 Å². The van der Waals surface area contributed by atoms with Gasteiger partial charge in [-0.05, 0) is 36.4 Å². The third-order valence-electron chi connectivity index (χ3n) is 2.82. The molecule has 22 heavy (non-hydrogen) atoms. The second kappa shape index (κ2) is 6.92. The minimum Gasteiger partial charge on any atom is -0.508 e. The van der Waals surface area contributed by atoms with Gasteiger partial charge in [-0.15, -0.1) is 0 Å². The quantitative estimate of drug-likeness (QED) is 0.566.